The molecule has 0 atom stereocenters. The second-order valence-electron chi connectivity index (χ2n) is 8.42. The Labute approximate surface area is 196 Å². The molecule has 1 aromatic heterocycles. The van der Waals surface area contributed by atoms with E-state index in [-0.39, 0.29) is 23.2 Å². The van der Waals surface area contributed by atoms with E-state index in [0.29, 0.717) is 25.3 Å². The number of carboxylic acid groups (broad SMARTS) is 1. The number of aliphatic carboxylic acids is 1. The van der Waals surface area contributed by atoms with E-state index in [1.807, 2.05) is 30.3 Å². The van der Waals surface area contributed by atoms with E-state index < -0.39 is 18.1 Å². The lowest BCUT2D eigenvalue weighted by Gasteiger charge is -2.33. The average molecular weight is 464 g/mol. The van der Waals surface area contributed by atoms with Crippen LogP contribution in [0.3, 0.4) is 0 Å². The summed E-state index contributed by atoms with van der Waals surface area (Å²) in [5.74, 6) is -1.46. The Balaban J connectivity index is 1.54. The first kappa shape index (κ1) is 23.2. The second-order valence-corrected chi connectivity index (χ2v) is 8.42. The molecule has 0 radical (unpaired) electrons. The lowest BCUT2D eigenvalue weighted by molar-refractivity contribution is -0.137. The van der Waals surface area contributed by atoms with E-state index in [0.717, 1.165) is 28.5 Å². The van der Waals surface area contributed by atoms with Crippen molar-refractivity contribution in [3.8, 4) is 0 Å². The zero-order chi connectivity index (χ0) is 24.1. The van der Waals surface area contributed by atoms with Crippen LogP contribution in [0.4, 0.5) is 10.1 Å². The van der Waals surface area contributed by atoms with Crippen molar-refractivity contribution in [2.75, 3.05) is 18.4 Å². The number of piperidine rings is 1. The molecule has 0 unspecified atom stereocenters. The predicted molar refractivity (Wildman–Crippen MR) is 126 cm³/mol. The van der Waals surface area contributed by atoms with Crippen LogP contribution in [-0.4, -0.2) is 39.5 Å². The van der Waals surface area contributed by atoms with Gasteiger partial charge in [0.1, 0.15) is 12.4 Å². The number of hydrogen-bond acceptors (Lipinski definition) is 4. The molecular formula is C26H26FN3O4. The third-order valence-corrected chi connectivity index (χ3v) is 6.11. The molecule has 0 aliphatic carbocycles. The first-order valence-corrected chi connectivity index (χ1v) is 11.2. The van der Waals surface area contributed by atoms with Gasteiger partial charge in [0, 0.05) is 31.9 Å². The highest BCUT2D eigenvalue weighted by Gasteiger charge is 2.27. The molecule has 2 N–H and O–H groups in total. The fourth-order valence-corrected chi connectivity index (χ4v) is 4.27. The van der Waals surface area contributed by atoms with E-state index in [4.69, 9.17) is 5.11 Å². The van der Waals surface area contributed by atoms with Gasteiger partial charge in [0.15, 0.2) is 0 Å². The second kappa shape index (κ2) is 10.3. The predicted octanol–water partition coefficient (Wildman–Crippen LogP) is 3.70. The minimum absolute atomic E-state index is 0.237. The van der Waals surface area contributed by atoms with Gasteiger partial charge < -0.3 is 19.9 Å². The smallest absolute Gasteiger partial charge is 0.323 e. The van der Waals surface area contributed by atoms with E-state index >= 15 is 0 Å². The summed E-state index contributed by atoms with van der Waals surface area (Å²) in [6.45, 7) is 0.912. The number of likely N-dealkylation sites (tertiary alicyclic amines) is 1. The summed E-state index contributed by atoms with van der Waals surface area (Å²) < 4.78 is 14.3. The van der Waals surface area contributed by atoms with Crippen molar-refractivity contribution in [3.05, 3.63) is 99.7 Å². The maximum Gasteiger partial charge on any atom is 0.323 e. The fourth-order valence-electron chi connectivity index (χ4n) is 4.27. The molecule has 0 spiro atoms. The molecule has 1 aliphatic rings. The van der Waals surface area contributed by atoms with Crippen molar-refractivity contribution in [2.45, 2.75) is 31.8 Å². The van der Waals surface area contributed by atoms with Gasteiger partial charge in [-0.2, -0.15) is 0 Å². The monoisotopic (exact) mass is 463 g/mol. The first-order chi connectivity index (χ1) is 16.4. The Morgan fingerprint density at radius 1 is 1.03 bits per heavy atom. The van der Waals surface area contributed by atoms with Crippen molar-refractivity contribution in [1.82, 2.24) is 9.47 Å². The van der Waals surface area contributed by atoms with Gasteiger partial charge in [-0.25, -0.2) is 4.39 Å². The van der Waals surface area contributed by atoms with Crippen LogP contribution in [0.15, 0.2) is 71.7 Å². The summed E-state index contributed by atoms with van der Waals surface area (Å²) in [6, 6.07) is 17.3. The molecule has 1 amide bonds. The number of carbonyl (C=O) groups is 2. The molecular weight excluding hydrogens is 437 g/mol. The van der Waals surface area contributed by atoms with E-state index in [9.17, 15) is 18.8 Å². The maximum atomic E-state index is 13.4. The first-order valence-electron chi connectivity index (χ1n) is 11.2. The van der Waals surface area contributed by atoms with Crippen LogP contribution in [0.25, 0.3) is 0 Å². The topological polar surface area (TPSA) is 91.6 Å². The Hall–Kier alpha value is -3.94. The SMILES string of the molecule is O=C(O)Cn1cc(C(=O)N2CCC(c3ccc(F)cc3)CC2)c(NCc2ccccc2)cc1=O. The number of amides is 1. The summed E-state index contributed by atoms with van der Waals surface area (Å²) in [5.41, 5.74) is 2.17. The Morgan fingerprint density at radius 3 is 2.35 bits per heavy atom. The van der Waals surface area contributed by atoms with Crippen LogP contribution in [0.2, 0.25) is 0 Å². The number of halogens is 1. The molecule has 8 heteroatoms. The summed E-state index contributed by atoms with van der Waals surface area (Å²) in [6.07, 6.45) is 2.80. The molecule has 0 bridgehead atoms. The molecule has 176 valence electrons. The molecule has 1 saturated heterocycles. The standard InChI is InChI=1S/C26H26FN3O4/c27-21-8-6-19(7-9-21)20-10-12-29(13-11-20)26(34)22-16-30(17-25(32)33)24(31)14-23(22)28-15-18-4-2-1-3-5-18/h1-9,14,16,20,28H,10-13,15,17H2,(H,32,33). The Kier molecular flexibility index (Phi) is 7.06. The maximum absolute atomic E-state index is 13.4. The van der Waals surface area contributed by atoms with Gasteiger partial charge in [-0.1, -0.05) is 42.5 Å². The Bertz CT molecular complexity index is 1220. The minimum Gasteiger partial charge on any atom is -0.480 e. The molecule has 2 heterocycles. The summed E-state index contributed by atoms with van der Waals surface area (Å²) in [4.78, 5) is 38.8. The molecule has 2 aromatic carbocycles. The third kappa shape index (κ3) is 5.51. The number of nitrogens with one attached hydrogen (secondary N) is 1. The van der Waals surface area contributed by atoms with Crippen LogP contribution in [0.5, 0.6) is 0 Å². The van der Waals surface area contributed by atoms with Gasteiger partial charge in [-0.05, 0) is 42.0 Å². The lowest BCUT2D eigenvalue weighted by Crippen LogP contribution is -2.39. The van der Waals surface area contributed by atoms with Crippen LogP contribution >= 0.6 is 0 Å². The fraction of sp³-hybridized carbons (Fsp3) is 0.269. The zero-order valence-electron chi connectivity index (χ0n) is 18.6. The van der Waals surface area contributed by atoms with Gasteiger partial charge in [0.05, 0.1) is 11.3 Å². The summed E-state index contributed by atoms with van der Waals surface area (Å²) in [7, 11) is 0. The number of hydrogen-bond donors (Lipinski definition) is 2. The van der Waals surface area contributed by atoms with Gasteiger partial charge in [0.25, 0.3) is 11.5 Å². The van der Waals surface area contributed by atoms with Gasteiger partial charge in [0.2, 0.25) is 0 Å². The number of benzene rings is 2. The highest BCUT2D eigenvalue weighted by Crippen LogP contribution is 2.29. The molecule has 0 saturated carbocycles. The van der Waals surface area contributed by atoms with Crippen LogP contribution in [0, 0.1) is 5.82 Å². The average Bonchev–Trinajstić information content (AvgIpc) is 2.84. The third-order valence-electron chi connectivity index (χ3n) is 6.11. The number of rotatable bonds is 7. The number of carbonyl (C=O) groups excluding carboxylic acids is 1. The van der Waals surface area contributed by atoms with Crippen LogP contribution in [0.1, 0.15) is 40.2 Å². The number of pyridine rings is 1. The largest absolute Gasteiger partial charge is 0.480 e. The van der Waals surface area contributed by atoms with Gasteiger partial charge in [-0.15, -0.1) is 0 Å². The van der Waals surface area contributed by atoms with Crippen molar-refractivity contribution < 1.29 is 19.1 Å². The lowest BCUT2D eigenvalue weighted by atomic mass is 9.89. The van der Waals surface area contributed by atoms with Gasteiger partial charge >= 0.3 is 5.97 Å². The van der Waals surface area contributed by atoms with E-state index in [1.165, 1.54) is 24.4 Å². The highest BCUT2D eigenvalue weighted by atomic mass is 19.1. The van der Waals surface area contributed by atoms with Crippen molar-refractivity contribution in [1.29, 1.82) is 0 Å². The summed E-state index contributed by atoms with van der Waals surface area (Å²) in [5, 5.41) is 12.3. The molecule has 4 rings (SSSR count). The van der Waals surface area contributed by atoms with E-state index in [2.05, 4.69) is 5.32 Å². The van der Waals surface area contributed by atoms with Crippen molar-refractivity contribution in [3.63, 3.8) is 0 Å². The Morgan fingerprint density at radius 2 is 1.71 bits per heavy atom. The number of anilines is 1. The number of carboxylic acids is 1. The van der Waals surface area contributed by atoms with Gasteiger partial charge in [-0.3, -0.25) is 14.4 Å². The number of nitrogens with zero attached hydrogens (tertiary/aromatic N) is 2. The zero-order valence-corrected chi connectivity index (χ0v) is 18.6. The molecule has 1 fully saturated rings. The summed E-state index contributed by atoms with van der Waals surface area (Å²) >= 11 is 0. The van der Waals surface area contributed by atoms with Crippen LogP contribution < -0.4 is 10.9 Å². The minimum atomic E-state index is -1.16. The van der Waals surface area contributed by atoms with Crippen LogP contribution in [-0.2, 0) is 17.9 Å². The quantitative estimate of drug-likeness (QED) is 0.558. The molecule has 7 nitrogen and oxygen atoms in total. The molecule has 1 aliphatic heterocycles. The normalized spacial score (nSPS) is 14.1. The van der Waals surface area contributed by atoms with Crippen molar-refractivity contribution in [2.24, 2.45) is 0 Å². The number of aromatic nitrogens is 1. The van der Waals surface area contributed by atoms with Crippen molar-refractivity contribution >= 4 is 17.6 Å². The molecule has 3 aromatic rings. The molecule has 34 heavy (non-hydrogen) atoms. The highest BCUT2D eigenvalue weighted by molar-refractivity contribution is 5.99. The van der Waals surface area contributed by atoms with E-state index in [1.54, 1.807) is 17.0 Å².